The van der Waals surface area contributed by atoms with Gasteiger partial charge in [-0.2, -0.15) is 0 Å². The second-order valence-corrected chi connectivity index (χ2v) is 6.19. The molecule has 4 rings (SSSR count). The highest BCUT2D eigenvalue weighted by molar-refractivity contribution is 5.81. The fraction of sp³-hybridized carbons (Fsp3) is 0.562. The summed E-state index contributed by atoms with van der Waals surface area (Å²) >= 11 is 0. The second kappa shape index (κ2) is 5.81. The van der Waals surface area contributed by atoms with Gasteiger partial charge in [-0.05, 0) is 18.6 Å². The topological polar surface area (TPSA) is 63.5 Å². The maximum absolute atomic E-state index is 12.6. The van der Waals surface area contributed by atoms with Gasteiger partial charge in [0.25, 0.3) is 0 Å². The molecule has 1 unspecified atom stereocenters. The number of anilines is 1. The van der Waals surface area contributed by atoms with E-state index in [1.807, 2.05) is 28.6 Å². The van der Waals surface area contributed by atoms with E-state index in [1.54, 1.807) is 6.20 Å². The van der Waals surface area contributed by atoms with Crippen molar-refractivity contribution in [3.05, 3.63) is 18.3 Å². The number of pyridine rings is 1. The van der Waals surface area contributed by atoms with Crippen molar-refractivity contribution in [3.63, 3.8) is 0 Å². The largest absolute Gasteiger partial charge is 0.378 e. The summed E-state index contributed by atoms with van der Waals surface area (Å²) < 4.78 is 7.34. The zero-order chi connectivity index (χ0) is 15.8. The summed E-state index contributed by atoms with van der Waals surface area (Å²) in [5, 5.41) is 0. The van der Waals surface area contributed by atoms with Gasteiger partial charge in [-0.15, -0.1) is 0 Å². The van der Waals surface area contributed by atoms with E-state index in [-0.39, 0.29) is 11.8 Å². The Labute approximate surface area is 134 Å². The van der Waals surface area contributed by atoms with Crippen molar-refractivity contribution in [3.8, 4) is 0 Å². The lowest BCUT2D eigenvalue weighted by atomic mass is 10.1. The Morgan fingerprint density at radius 1 is 1.30 bits per heavy atom. The molecule has 0 N–H and O–H groups in total. The summed E-state index contributed by atoms with van der Waals surface area (Å²) in [4.78, 5) is 25.8. The molecule has 122 valence electrons. The number of imidazole rings is 1. The molecule has 4 heterocycles. The summed E-state index contributed by atoms with van der Waals surface area (Å²) in [5.74, 6) is 1.21. The van der Waals surface area contributed by atoms with E-state index >= 15 is 0 Å². The first-order valence-electron chi connectivity index (χ1n) is 8.13. The molecule has 0 bridgehead atoms. The van der Waals surface area contributed by atoms with Gasteiger partial charge < -0.3 is 14.5 Å². The lowest BCUT2D eigenvalue weighted by Crippen LogP contribution is -2.44. The molecule has 2 aliphatic heterocycles. The molecule has 0 radical (unpaired) electrons. The van der Waals surface area contributed by atoms with Crippen LogP contribution in [-0.4, -0.2) is 64.7 Å². The number of amides is 1. The Morgan fingerprint density at radius 3 is 2.91 bits per heavy atom. The van der Waals surface area contributed by atoms with Crippen LogP contribution in [0.25, 0.3) is 11.2 Å². The quantitative estimate of drug-likeness (QED) is 0.814. The van der Waals surface area contributed by atoms with Gasteiger partial charge in [0.1, 0.15) is 5.52 Å². The van der Waals surface area contributed by atoms with E-state index in [0.717, 1.165) is 36.6 Å². The van der Waals surface area contributed by atoms with Crippen LogP contribution in [0.3, 0.4) is 0 Å². The van der Waals surface area contributed by atoms with Crippen LogP contribution < -0.4 is 4.90 Å². The highest BCUT2D eigenvalue weighted by atomic mass is 16.5. The fourth-order valence-electron chi connectivity index (χ4n) is 3.48. The van der Waals surface area contributed by atoms with Gasteiger partial charge in [0.05, 0.1) is 19.1 Å². The fourth-order valence-corrected chi connectivity index (χ4v) is 3.48. The first-order chi connectivity index (χ1) is 11.2. The number of carbonyl (C=O) groups excluding carboxylic acids is 1. The lowest BCUT2D eigenvalue weighted by Gasteiger charge is -2.29. The van der Waals surface area contributed by atoms with Gasteiger partial charge in [0.15, 0.2) is 5.65 Å². The standard InChI is InChI=1S/C16H21N5O2/c1-19-14-13(3-2-5-17-14)18-16(19)21-6-4-12(11-21)15(22)20-7-9-23-10-8-20/h2-3,5,12H,4,6-11H2,1H3. The highest BCUT2D eigenvalue weighted by Crippen LogP contribution is 2.26. The molecule has 2 aromatic heterocycles. The molecule has 2 saturated heterocycles. The van der Waals surface area contributed by atoms with Crippen molar-refractivity contribution in [2.24, 2.45) is 13.0 Å². The van der Waals surface area contributed by atoms with E-state index in [4.69, 9.17) is 4.74 Å². The number of ether oxygens (including phenoxy) is 1. The van der Waals surface area contributed by atoms with Crippen LogP contribution in [0, 0.1) is 5.92 Å². The SMILES string of the molecule is Cn1c(N2CCC(C(=O)N3CCOCC3)C2)nc2cccnc21. The molecule has 0 aromatic carbocycles. The molecule has 7 nitrogen and oxygen atoms in total. The molecule has 0 aliphatic carbocycles. The van der Waals surface area contributed by atoms with Crippen molar-refractivity contribution in [1.29, 1.82) is 0 Å². The second-order valence-electron chi connectivity index (χ2n) is 6.19. The van der Waals surface area contributed by atoms with Gasteiger partial charge in [-0.1, -0.05) is 0 Å². The van der Waals surface area contributed by atoms with Crippen LogP contribution in [0.1, 0.15) is 6.42 Å². The molecular weight excluding hydrogens is 294 g/mol. The summed E-state index contributed by atoms with van der Waals surface area (Å²) in [6.45, 7) is 4.32. The molecule has 1 amide bonds. The number of aryl methyl sites for hydroxylation is 1. The van der Waals surface area contributed by atoms with Gasteiger partial charge in [0, 0.05) is 39.4 Å². The Morgan fingerprint density at radius 2 is 2.13 bits per heavy atom. The first-order valence-corrected chi connectivity index (χ1v) is 8.13. The maximum atomic E-state index is 12.6. The molecule has 0 saturated carbocycles. The number of rotatable bonds is 2. The van der Waals surface area contributed by atoms with Crippen LogP contribution in [-0.2, 0) is 16.6 Å². The predicted octanol–water partition coefficient (Wildman–Crippen LogP) is 0.653. The Hall–Kier alpha value is -2.15. The van der Waals surface area contributed by atoms with Crippen LogP contribution >= 0.6 is 0 Å². The lowest BCUT2D eigenvalue weighted by molar-refractivity contribution is -0.138. The number of hydrogen-bond acceptors (Lipinski definition) is 5. The molecule has 7 heteroatoms. The zero-order valence-corrected chi connectivity index (χ0v) is 13.3. The van der Waals surface area contributed by atoms with Crippen LogP contribution in [0.5, 0.6) is 0 Å². The van der Waals surface area contributed by atoms with Crippen LogP contribution in [0.2, 0.25) is 0 Å². The third kappa shape index (κ3) is 2.55. The van der Waals surface area contributed by atoms with Crippen molar-refractivity contribution >= 4 is 23.0 Å². The average Bonchev–Trinajstić information content (AvgIpc) is 3.20. The molecule has 2 aliphatic rings. The van der Waals surface area contributed by atoms with Crippen molar-refractivity contribution < 1.29 is 9.53 Å². The third-order valence-corrected chi connectivity index (χ3v) is 4.75. The zero-order valence-electron chi connectivity index (χ0n) is 13.3. The minimum atomic E-state index is 0.0564. The monoisotopic (exact) mass is 315 g/mol. The van der Waals surface area contributed by atoms with Crippen molar-refractivity contribution in [2.75, 3.05) is 44.3 Å². The number of morpholine rings is 1. The molecular formula is C16H21N5O2. The molecule has 1 atom stereocenters. The predicted molar refractivity (Wildman–Crippen MR) is 86.2 cm³/mol. The van der Waals surface area contributed by atoms with Gasteiger partial charge in [-0.25, -0.2) is 9.97 Å². The van der Waals surface area contributed by atoms with E-state index < -0.39 is 0 Å². The minimum absolute atomic E-state index is 0.0564. The molecule has 0 spiro atoms. The number of hydrogen-bond donors (Lipinski definition) is 0. The van der Waals surface area contributed by atoms with Crippen LogP contribution in [0.4, 0.5) is 5.95 Å². The van der Waals surface area contributed by atoms with Gasteiger partial charge in [0.2, 0.25) is 11.9 Å². The normalized spacial score (nSPS) is 22.0. The van der Waals surface area contributed by atoms with E-state index in [2.05, 4.69) is 14.9 Å². The third-order valence-electron chi connectivity index (χ3n) is 4.75. The van der Waals surface area contributed by atoms with Crippen molar-refractivity contribution in [1.82, 2.24) is 19.4 Å². The smallest absolute Gasteiger partial charge is 0.227 e. The number of aromatic nitrogens is 3. The van der Waals surface area contributed by atoms with E-state index in [9.17, 15) is 4.79 Å². The van der Waals surface area contributed by atoms with Gasteiger partial charge in [-0.3, -0.25) is 9.36 Å². The summed E-state index contributed by atoms with van der Waals surface area (Å²) in [6.07, 6.45) is 2.66. The minimum Gasteiger partial charge on any atom is -0.378 e. The Balaban J connectivity index is 1.51. The average molecular weight is 315 g/mol. The van der Waals surface area contributed by atoms with E-state index in [0.29, 0.717) is 26.3 Å². The highest BCUT2D eigenvalue weighted by Gasteiger charge is 2.33. The summed E-state index contributed by atoms with van der Waals surface area (Å²) in [5.41, 5.74) is 1.78. The Kier molecular flexibility index (Phi) is 3.65. The summed E-state index contributed by atoms with van der Waals surface area (Å²) in [6, 6.07) is 3.87. The van der Waals surface area contributed by atoms with Gasteiger partial charge >= 0.3 is 0 Å². The number of carbonyl (C=O) groups is 1. The Bertz CT molecular complexity index is 722. The number of nitrogens with zero attached hydrogens (tertiary/aromatic N) is 5. The number of fused-ring (bicyclic) bond motifs is 1. The molecule has 23 heavy (non-hydrogen) atoms. The molecule has 2 aromatic rings. The maximum Gasteiger partial charge on any atom is 0.227 e. The van der Waals surface area contributed by atoms with E-state index in [1.165, 1.54) is 0 Å². The first kappa shape index (κ1) is 14.4. The summed E-state index contributed by atoms with van der Waals surface area (Å²) in [7, 11) is 1.98. The van der Waals surface area contributed by atoms with Crippen LogP contribution in [0.15, 0.2) is 18.3 Å². The van der Waals surface area contributed by atoms with Crippen molar-refractivity contribution in [2.45, 2.75) is 6.42 Å². The molecule has 2 fully saturated rings.